The molecule has 0 heterocycles. The van der Waals surface area contributed by atoms with Gasteiger partial charge in [0.05, 0.1) is 6.61 Å². The minimum atomic E-state index is -0.426. The average Bonchev–Trinajstić information content (AvgIpc) is 2.13. The van der Waals surface area contributed by atoms with E-state index in [0.29, 0.717) is 6.61 Å². The summed E-state index contributed by atoms with van der Waals surface area (Å²) < 4.78 is 5.36. The van der Waals surface area contributed by atoms with Gasteiger partial charge in [0.15, 0.2) is 0 Å². The Morgan fingerprint density at radius 3 is 2.60 bits per heavy atom. The lowest BCUT2D eigenvalue weighted by atomic mass is 10.1. The quantitative estimate of drug-likeness (QED) is 0.625. The molecule has 0 aromatic rings. The lowest BCUT2D eigenvalue weighted by Gasteiger charge is -2.21. The number of nitrogens with two attached hydrogens (primary N) is 1. The molecule has 0 aliphatic heterocycles. The van der Waals surface area contributed by atoms with Crippen LogP contribution >= 0.6 is 0 Å². The lowest BCUT2D eigenvalue weighted by Crippen LogP contribution is -2.42. The summed E-state index contributed by atoms with van der Waals surface area (Å²) in [5.74, 6) is -0.0623. The number of hydrogen-bond donors (Lipinski definition) is 2. The van der Waals surface area contributed by atoms with Crippen LogP contribution in [0, 0.1) is 0 Å². The van der Waals surface area contributed by atoms with Gasteiger partial charge in [-0.25, -0.2) is 0 Å². The first-order chi connectivity index (χ1) is 6.87. The molecular weight excluding hydrogens is 192 g/mol. The van der Waals surface area contributed by atoms with E-state index < -0.39 is 11.6 Å². The number of carbonyl (C=O) groups is 1. The summed E-state index contributed by atoms with van der Waals surface area (Å²) in [5, 5.41) is 2.81. The van der Waals surface area contributed by atoms with E-state index in [1.54, 1.807) is 6.92 Å². The largest absolute Gasteiger partial charge is 0.367 e. The van der Waals surface area contributed by atoms with Crippen LogP contribution in [0.4, 0.5) is 0 Å². The summed E-state index contributed by atoms with van der Waals surface area (Å²) in [6.45, 7) is 8.67. The number of ether oxygens (including phenoxy) is 1. The fraction of sp³-hybridized carbons (Fsp3) is 0.909. The van der Waals surface area contributed by atoms with Crippen molar-refractivity contribution in [2.45, 2.75) is 52.2 Å². The highest BCUT2D eigenvalue weighted by Gasteiger charge is 2.17. The van der Waals surface area contributed by atoms with Gasteiger partial charge in [0.1, 0.15) is 6.10 Å². The lowest BCUT2D eigenvalue weighted by molar-refractivity contribution is -0.132. The summed E-state index contributed by atoms with van der Waals surface area (Å²) >= 11 is 0. The van der Waals surface area contributed by atoms with Gasteiger partial charge in [0.25, 0.3) is 0 Å². The molecule has 0 aromatic carbocycles. The van der Waals surface area contributed by atoms with Gasteiger partial charge < -0.3 is 15.8 Å². The summed E-state index contributed by atoms with van der Waals surface area (Å²) in [6.07, 6.45) is 1.65. The summed E-state index contributed by atoms with van der Waals surface area (Å²) in [6, 6.07) is 0. The molecule has 0 radical (unpaired) electrons. The molecule has 0 saturated heterocycles. The number of unbranched alkanes of at least 4 members (excludes halogenated alkanes) is 1. The van der Waals surface area contributed by atoms with Crippen molar-refractivity contribution in [3.05, 3.63) is 0 Å². The Labute approximate surface area is 92.6 Å². The highest BCUT2D eigenvalue weighted by atomic mass is 16.5. The molecule has 1 unspecified atom stereocenters. The molecule has 0 spiro atoms. The second kappa shape index (κ2) is 6.80. The molecule has 15 heavy (non-hydrogen) atoms. The van der Waals surface area contributed by atoms with Crippen LogP contribution in [0.3, 0.4) is 0 Å². The smallest absolute Gasteiger partial charge is 0.248 e. The van der Waals surface area contributed by atoms with E-state index in [0.717, 1.165) is 19.4 Å². The van der Waals surface area contributed by atoms with E-state index in [9.17, 15) is 4.79 Å². The van der Waals surface area contributed by atoms with Gasteiger partial charge in [-0.05, 0) is 27.2 Å². The second-order valence-electron chi connectivity index (χ2n) is 4.59. The van der Waals surface area contributed by atoms with Crippen LogP contribution < -0.4 is 11.1 Å². The monoisotopic (exact) mass is 216 g/mol. The Hall–Kier alpha value is -0.610. The van der Waals surface area contributed by atoms with Crippen LogP contribution in [0.25, 0.3) is 0 Å². The third-order valence-corrected chi connectivity index (χ3v) is 1.90. The van der Waals surface area contributed by atoms with Gasteiger partial charge in [-0.2, -0.15) is 0 Å². The highest BCUT2D eigenvalue weighted by Crippen LogP contribution is 2.00. The Kier molecular flexibility index (Phi) is 6.52. The van der Waals surface area contributed by atoms with E-state index in [2.05, 4.69) is 12.2 Å². The van der Waals surface area contributed by atoms with Crippen LogP contribution in [0.2, 0.25) is 0 Å². The first-order valence-corrected chi connectivity index (χ1v) is 5.55. The third-order valence-electron chi connectivity index (χ3n) is 1.90. The molecule has 3 N–H and O–H groups in total. The molecule has 4 nitrogen and oxygen atoms in total. The predicted octanol–water partition coefficient (Wildman–Crippen LogP) is 1.05. The molecule has 0 aliphatic carbocycles. The number of carbonyl (C=O) groups excluding carboxylic acids is 1. The fourth-order valence-corrected chi connectivity index (χ4v) is 0.948. The second-order valence-corrected chi connectivity index (χ2v) is 4.59. The molecule has 1 atom stereocenters. The normalized spacial score (nSPS) is 13.7. The van der Waals surface area contributed by atoms with Gasteiger partial charge in [0, 0.05) is 12.1 Å². The predicted molar refractivity (Wildman–Crippen MR) is 61.6 cm³/mol. The van der Waals surface area contributed by atoms with Crippen molar-refractivity contribution >= 4 is 5.91 Å². The molecule has 0 saturated carbocycles. The molecule has 1 amide bonds. The van der Waals surface area contributed by atoms with Gasteiger partial charge in [-0.15, -0.1) is 0 Å². The van der Waals surface area contributed by atoms with Gasteiger partial charge in [0.2, 0.25) is 5.91 Å². The average molecular weight is 216 g/mol. The number of rotatable bonds is 7. The molecular formula is C11H24N2O2. The highest BCUT2D eigenvalue weighted by molar-refractivity contribution is 5.80. The zero-order valence-electron chi connectivity index (χ0n) is 10.3. The number of amides is 1. The Morgan fingerprint density at radius 1 is 1.53 bits per heavy atom. The maximum atomic E-state index is 11.5. The fourth-order valence-electron chi connectivity index (χ4n) is 0.948. The van der Waals surface area contributed by atoms with Gasteiger partial charge in [-0.3, -0.25) is 4.79 Å². The van der Waals surface area contributed by atoms with Crippen LogP contribution in [0.1, 0.15) is 40.5 Å². The summed E-state index contributed by atoms with van der Waals surface area (Å²) in [7, 11) is 0. The number of nitrogens with one attached hydrogen (secondary N) is 1. The first-order valence-electron chi connectivity index (χ1n) is 5.55. The van der Waals surface area contributed by atoms with Crippen molar-refractivity contribution in [2.75, 3.05) is 13.2 Å². The molecule has 0 aliphatic rings. The first kappa shape index (κ1) is 14.4. The van der Waals surface area contributed by atoms with Crippen LogP contribution in [0.15, 0.2) is 0 Å². The van der Waals surface area contributed by atoms with Gasteiger partial charge >= 0.3 is 0 Å². The molecule has 90 valence electrons. The van der Waals surface area contributed by atoms with E-state index in [1.807, 2.05) is 13.8 Å². The van der Waals surface area contributed by atoms with E-state index >= 15 is 0 Å². The minimum absolute atomic E-state index is 0.0623. The van der Waals surface area contributed by atoms with Crippen molar-refractivity contribution in [1.82, 2.24) is 5.32 Å². The van der Waals surface area contributed by atoms with E-state index in [1.165, 1.54) is 0 Å². The Balaban J connectivity index is 3.70. The molecule has 0 rings (SSSR count). The molecule has 0 bridgehead atoms. The van der Waals surface area contributed by atoms with E-state index in [4.69, 9.17) is 10.5 Å². The van der Waals surface area contributed by atoms with Crippen molar-refractivity contribution in [1.29, 1.82) is 0 Å². The SMILES string of the molecule is CCCCNC(=O)C(C)OCC(C)(C)N. The third kappa shape index (κ3) is 8.39. The standard InChI is InChI=1S/C11H24N2O2/c1-5-6-7-13-10(14)9(2)15-8-11(3,4)12/h9H,5-8,12H2,1-4H3,(H,13,14). The summed E-state index contributed by atoms with van der Waals surface area (Å²) in [5.41, 5.74) is 5.36. The van der Waals surface area contributed by atoms with E-state index in [-0.39, 0.29) is 5.91 Å². The van der Waals surface area contributed by atoms with Crippen molar-refractivity contribution in [2.24, 2.45) is 5.73 Å². The maximum Gasteiger partial charge on any atom is 0.248 e. The zero-order chi connectivity index (χ0) is 11.9. The topological polar surface area (TPSA) is 64.3 Å². The molecule has 0 fully saturated rings. The van der Waals surface area contributed by atoms with Crippen LogP contribution in [0.5, 0.6) is 0 Å². The maximum absolute atomic E-state index is 11.5. The Morgan fingerprint density at radius 2 is 2.13 bits per heavy atom. The van der Waals surface area contributed by atoms with Crippen molar-refractivity contribution in [3.63, 3.8) is 0 Å². The van der Waals surface area contributed by atoms with Crippen molar-refractivity contribution < 1.29 is 9.53 Å². The molecule has 4 heteroatoms. The molecule has 0 aromatic heterocycles. The van der Waals surface area contributed by atoms with Crippen LogP contribution in [-0.2, 0) is 9.53 Å². The zero-order valence-corrected chi connectivity index (χ0v) is 10.3. The number of hydrogen-bond acceptors (Lipinski definition) is 3. The van der Waals surface area contributed by atoms with Crippen LogP contribution in [-0.4, -0.2) is 30.7 Å². The summed E-state index contributed by atoms with van der Waals surface area (Å²) in [4.78, 5) is 11.5. The van der Waals surface area contributed by atoms with Crippen molar-refractivity contribution in [3.8, 4) is 0 Å². The minimum Gasteiger partial charge on any atom is -0.367 e. The Bertz CT molecular complexity index is 188. The van der Waals surface area contributed by atoms with Gasteiger partial charge in [-0.1, -0.05) is 13.3 Å².